The number of hydrogen-bond donors (Lipinski definition) is 1. The van der Waals surface area contributed by atoms with Crippen molar-refractivity contribution in [2.45, 2.75) is 58.9 Å². The summed E-state index contributed by atoms with van der Waals surface area (Å²) in [7, 11) is 0. The first-order valence-electron chi connectivity index (χ1n) is 12.2. The lowest BCUT2D eigenvalue weighted by Gasteiger charge is -2.32. The van der Waals surface area contributed by atoms with Gasteiger partial charge in [-0.15, -0.1) is 0 Å². The second-order valence-corrected chi connectivity index (χ2v) is 8.29. The van der Waals surface area contributed by atoms with E-state index in [0.717, 1.165) is 31.5 Å². The summed E-state index contributed by atoms with van der Waals surface area (Å²) in [5.74, 6) is -0.269. The molecule has 1 aliphatic rings. The van der Waals surface area contributed by atoms with Crippen molar-refractivity contribution in [3.05, 3.63) is 59.2 Å². The number of anilines is 1. The number of nitrogens with zero attached hydrogens (tertiary/aromatic N) is 1. The molecule has 1 fully saturated rings. The third-order valence-corrected chi connectivity index (χ3v) is 5.93. The minimum atomic E-state index is -0.452. The number of para-hydroxylation sites is 1. The molecule has 0 spiro atoms. The van der Waals surface area contributed by atoms with E-state index >= 15 is 0 Å². The molecule has 1 amide bonds. The molecule has 33 heavy (non-hydrogen) atoms. The lowest BCUT2D eigenvalue weighted by Crippen LogP contribution is -2.33. The summed E-state index contributed by atoms with van der Waals surface area (Å²) < 4.78 is 10.8. The number of nitrogens with one attached hydrogen (secondary N) is 1. The molecule has 178 valence electrons. The smallest absolute Gasteiger partial charge is 0.341 e. The molecule has 1 aliphatic heterocycles. The Hall–Kier alpha value is -3.02. The molecule has 0 aliphatic carbocycles. The SMILES string of the molecule is CCCC(NC(=O)c1ccc(C(=O)OCC)c(OCC)c1)c1ccccc1N1CCCCC1. The molecule has 6 heteroatoms. The van der Waals surface area contributed by atoms with Crippen LogP contribution >= 0.6 is 0 Å². The highest BCUT2D eigenvalue weighted by Crippen LogP contribution is 2.31. The first-order valence-corrected chi connectivity index (χ1v) is 12.2. The van der Waals surface area contributed by atoms with Gasteiger partial charge < -0.3 is 19.7 Å². The van der Waals surface area contributed by atoms with Crippen LogP contribution in [-0.2, 0) is 4.74 Å². The standard InChI is InChI=1S/C27H36N2O4/c1-4-12-23(21-13-8-9-14-24(21)29-17-10-7-11-18-29)28-26(30)20-15-16-22(27(31)33-6-3)25(19-20)32-5-2/h8-9,13-16,19,23H,4-7,10-12,17-18H2,1-3H3,(H,28,30). The molecule has 0 bridgehead atoms. The van der Waals surface area contributed by atoms with Crippen molar-refractivity contribution in [3.8, 4) is 5.75 Å². The maximum atomic E-state index is 13.3. The first-order chi connectivity index (χ1) is 16.1. The molecular formula is C27H36N2O4. The average molecular weight is 453 g/mol. The lowest BCUT2D eigenvalue weighted by atomic mass is 9.97. The summed E-state index contributed by atoms with van der Waals surface area (Å²) in [6.45, 7) is 8.50. The topological polar surface area (TPSA) is 67.9 Å². The second-order valence-electron chi connectivity index (χ2n) is 8.29. The van der Waals surface area contributed by atoms with Gasteiger partial charge in [-0.05, 0) is 69.4 Å². The minimum Gasteiger partial charge on any atom is -0.493 e. The van der Waals surface area contributed by atoms with Gasteiger partial charge in [-0.2, -0.15) is 0 Å². The fourth-order valence-corrected chi connectivity index (χ4v) is 4.36. The summed E-state index contributed by atoms with van der Waals surface area (Å²) in [4.78, 5) is 27.9. The van der Waals surface area contributed by atoms with Gasteiger partial charge in [0.2, 0.25) is 0 Å². The van der Waals surface area contributed by atoms with Gasteiger partial charge in [0.15, 0.2) is 0 Å². The number of carbonyl (C=O) groups is 2. The number of amides is 1. The molecule has 1 N–H and O–H groups in total. The Balaban J connectivity index is 1.85. The van der Waals surface area contributed by atoms with Crippen LogP contribution in [0.25, 0.3) is 0 Å². The molecule has 1 unspecified atom stereocenters. The number of carbonyl (C=O) groups excluding carboxylic acids is 2. The van der Waals surface area contributed by atoms with Crippen molar-refractivity contribution < 1.29 is 19.1 Å². The quantitative estimate of drug-likeness (QED) is 0.481. The molecule has 1 atom stereocenters. The number of rotatable bonds is 10. The predicted molar refractivity (Wildman–Crippen MR) is 131 cm³/mol. The Morgan fingerprint density at radius 3 is 2.45 bits per heavy atom. The maximum absolute atomic E-state index is 13.3. The third-order valence-electron chi connectivity index (χ3n) is 5.93. The highest BCUT2D eigenvalue weighted by Gasteiger charge is 2.23. The Kier molecular flexibility index (Phi) is 9.16. The summed E-state index contributed by atoms with van der Waals surface area (Å²) in [5.41, 5.74) is 3.16. The van der Waals surface area contributed by atoms with Crippen molar-refractivity contribution in [2.24, 2.45) is 0 Å². The Morgan fingerprint density at radius 2 is 1.76 bits per heavy atom. The zero-order valence-electron chi connectivity index (χ0n) is 20.1. The van der Waals surface area contributed by atoms with Gasteiger partial charge in [-0.1, -0.05) is 31.5 Å². The monoisotopic (exact) mass is 452 g/mol. The summed E-state index contributed by atoms with van der Waals surface area (Å²) >= 11 is 0. The van der Waals surface area contributed by atoms with Crippen molar-refractivity contribution in [1.29, 1.82) is 0 Å². The Morgan fingerprint density at radius 1 is 1.00 bits per heavy atom. The van der Waals surface area contributed by atoms with E-state index in [1.807, 2.05) is 13.0 Å². The van der Waals surface area contributed by atoms with Crippen LogP contribution in [0.1, 0.15) is 85.2 Å². The molecule has 1 heterocycles. The zero-order valence-corrected chi connectivity index (χ0v) is 20.1. The van der Waals surface area contributed by atoms with E-state index in [1.54, 1.807) is 25.1 Å². The van der Waals surface area contributed by atoms with Crippen LogP contribution in [-0.4, -0.2) is 38.2 Å². The van der Waals surface area contributed by atoms with Gasteiger partial charge in [-0.3, -0.25) is 4.79 Å². The van der Waals surface area contributed by atoms with E-state index in [-0.39, 0.29) is 18.6 Å². The molecule has 0 saturated carbocycles. The molecule has 1 saturated heterocycles. The zero-order chi connectivity index (χ0) is 23.6. The van der Waals surface area contributed by atoms with Crippen molar-refractivity contribution in [2.75, 3.05) is 31.2 Å². The number of hydrogen-bond acceptors (Lipinski definition) is 5. The van der Waals surface area contributed by atoms with E-state index in [9.17, 15) is 9.59 Å². The van der Waals surface area contributed by atoms with Crippen LogP contribution in [0.2, 0.25) is 0 Å². The van der Waals surface area contributed by atoms with Crippen LogP contribution in [0.4, 0.5) is 5.69 Å². The van der Waals surface area contributed by atoms with Gasteiger partial charge in [-0.25, -0.2) is 4.79 Å². The molecule has 6 nitrogen and oxygen atoms in total. The minimum absolute atomic E-state index is 0.0964. The van der Waals surface area contributed by atoms with Crippen LogP contribution in [0.15, 0.2) is 42.5 Å². The van der Waals surface area contributed by atoms with Gasteiger partial charge in [0.1, 0.15) is 11.3 Å². The van der Waals surface area contributed by atoms with Crippen LogP contribution < -0.4 is 15.0 Å². The van der Waals surface area contributed by atoms with Gasteiger partial charge >= 0.3 is 5.97 Å². The lowest BCUT2D eigenvalue weighted by molar-refractivity contribution is 0.0521. The normalized spacial score (nSPS) is 14.5. The van der Waals surface area contributed by atoms with E-state index in [1.165, 1.54) is 24.9 Å². The van der Waals surface area contributed by atoms with Crippen molar-refractivity contribution >= 4 is 17.6 Å². The largest absolute Gasteiger partial charge is 0.493 e. The second kappa shape index (κ2) is 12.3. The fourth-order valence-electron chi connectivity index (χ4n) is 4.36. The average Bonchev–Trinajstić information content (AvgIpc) is 2.84. The maximum Gasteiger partial charge on any atom is 0.341 e. The third kappa shape index (κ3) is 6.28. The summed E-state index contributed by atoms with van der Waals surface area (Å²) in [5, 5.41) is 3.24. The molecule has 0 aromatic heterocycles. The first kappa shape index (κ1) is 24.6. The molecule has 2 aromatic rings. The van der Waals surface area contributed by atoms with Crippen molar-refractivity contribution in [1.82, 2.24) is 5.32 Å². The van der Waals surface area contributed by atoms with E-state index in [4.69, 9.17) is 9.47 Å². The number of ether oxygens (including phenoxy) is 2. The highest BCUT2D eigenvalue weighted by atomic mass is 16.5. The summed E-state index contributed by atoms with van der Waals surface area (Å²) in [6.07, 6.45) is 5.47. The predicted octanol–water partition coefficient (Wildman–Crippen LogP) is 5.52. The van der Waals surface area contributed by atoms with E-state index in [0.29, 0.717) is 23.5 Å². The molecule has 2 aromatic carbocycles. The van der Waals surface area contributed by atoms with Crippen LogP contribution in [0.5, 0.6) is 5.75 Å². The van der Waals surface area contributed by atoms with Crippen molar-refractivity contribution in [3.63, 3.8) is 0 Å². The van der Waals surface area contributed by atoms with E-state index < -0.39 is 5.97 Å². The summed E-state index contributed by atoms with van der Waals surface area (Å²) in [6, 6.07) is 13.2. The van der Waals surface area contributed by atoms with Gasteiger partial charge in [0.25, 0.3) is 5.91 Å². The van der Waals surface area contributed by atoms with Crippen LogP contribution in [0, 0.1) is 0 Å². The number of benzene rings is 2. The molecular weight excluding hydrogens is 416 g/mol. The molecule has 0 radical (unpaired) electrons. The highest BCUT2D eigenvalue weighted by molar-refractivity contribution is 5.98. The van der Waals surface area contributed by atoms with Gasteiger partial charge in [0, 0.05) is 24.3 Å². The number of piperidine rings is 1. The number of esters is 1. The Labute approximate surface area is 197 Å². The van der Waals surface area contributed by atoms with Gasteiger partial charge in [0.05, 0.1) is 19.3 Å². The fraction of sp³-hybridized carbons (Fsp3) is 0.481. The molecule has 3 rings (SSSR count). The Bertz CT molecular complexity index is 937. The van der Waals surface area contributed by atoms with E-state index in [2.05, 4.69) is 35.3 Å². The van der Waals surface area contributed by atoms with Crippen LogP contribution in [0.3, 0.4) is 0 Å².